The van der Waals surface area contributed by atoms with Gasteiger partial charge in [-0.15, -0.1) is 0 Å². The normalized spacial score (nSPS) is 14.0. The minimum Gasteiger partial charge on any atom is -0.349 e. The zero-order chi connectivity index (χ0) is 14.7. The van der Waals surface area contributed by atoms with Crippen molar-refractivity contribution in [1.29, 1.82) is 0 Å². The summed E-state index contributed by atoms with van der Waals surface area (Å²) < 4.78 is 0. The number of hydrogen-bond acceptors (Lipinski definition) is 6. The topological polar surface area (TPSA) is 74.2 Å². The van der Waals surface area contributed by atoms with E-state index in [1.165, 1.54) is 12.8 Å². The van der Waals surface area contributed by atoms with Crippen LogP contribution < -0.4 is 15.1 Å². The van der Waals surface area contributed by atoms with Gasteiger partial charge < -0.3 is 15.1 Å². The van der Waals surface area contributed by atoms with E-state index in [1.807, 2.05) is 38.0 Å². The van der Waals surface area contributed by atoms with Crippen LogP contribution in [-0.2, 0) is 11.3 Å². The molecule has 0 unspecified atom stereocenters. The van der Waals surface area contributed by atoms with Crippen LogP contribution in [0.15, 0.2) is 0 Å². The van der Waals surface area contributed by atoms with Crippen LogP contribution in [0.25, 0.3) is 0 Å². The first kappa shape index (κ1) is 14.5. The second-order valence-corrected chi connectivity index (χ2v) is 5.56. The zero-order valence-corrected chi connectivity index (χ0v) is 12.6. The van der Waals surface area contributed by atoms with Crippen molar-refractivity contribution in [1.82, 2.24) is 20.3 Å². The van der Waals surface area contributed by atoms with Crippen LogP contribution in [0.4, 0.5) is 11.9 Å². The molecule has 110 valence electrons. The smallest absolute Gasteiger partial charge is 0.229 e. The number of carbonyl (C=O) groups excluding carboxylic acids is 1. The molecule has 0 aliphatic heterocycles. The first-order valence-corrected chi connectivity index (χ1v) is 6.82. The highest BCUT2D eigenvalue weighted by Gasteiger charge is 2.24. The second-order valence-electron chi connectivity index (χ2n) is 5.56. The van der Waals surface area contributed by atoms with Gasteiger partial charge in [0.05, 0.1) is 6.54 Å². The molecule has 1 aliphatic rings. The summed E-state index contributed by atoms with van der Waals surface area (Å²) >= 11 is 0. The van der Waals surface area contributed by atoms with Crippen LogP contribution in [0.2, 0.25) is 0 Å². The Morgan fingerprint density at radius 2 is 1.65 bits per heavy atom. The largest absolute Gasteiger partial charge is 0.349 e. The van der Waals surface area contributed by atoms with Crippen LogP contribution in [-0.4, -0.2) is 49.0 Å². The predicted molar refractivity (Wildman–Crippen MR) is 77.7 cm³/mol. The van der Waals surface area contributed by atoms with E-state index in [0.717, 1.165) is 0 Å². The Morgan fingerprint density at radius 1 is 1.10 bits per heavy atom. The van der Waals surface area contributed by atoms with Gasteiger partial charge in [0.25, 0.3) is 0 Å². The Kier molecular flexibility index (Phi) is 4.36. The molecular weight excluding hydrogens is 256 g/mol. The van der Waals surface area contributed by atoms with Crippen molar-refractivity contribution >= 4 is 17.8 Å². The average Bonchev–Trinajstić information content (AvgIpc) is 3.19. The summed E-state index contributed by atoms with van der Waals surface area (Å²) in [6.45, 7) is 0.343. The minimum absolute atomic E-state index is 0.0747. The highest BCUT2D eigenvalue weighted by atomic mass is 16.1. The van der Waals surface area contributed by atoms with Gasteiger partial charge in [-0.25, -0.2) is 0 Å². The molecule has 20 heavy (non-hydrogen) atoms. The Hall–Kier alpha value is -1.92. The molecule has 1 aromatic heterocycles. The van der Waals surface area contributed by atoms with Crippen LogP contribution in [0.5, 0.6) is 0 Å². The summed E-state index contributed by atoms with van der Waals surface area (Å²) in [6.07, 6.45) is 2.97. The van der Waals surface area contributed by atoms with Crippen molar-refractivity contribution in [2.24, 2.45) is 5.92 Å². The van der Waals surface area contributed by atoms with E-state index in [9.17, 15) is 4.79 Å². The molecule has 7 heteroatoms. The lowest BCUT2D eigenvalue weighted by Gasteiger charge is -2.16. The molecule has 0 radical (unpaired) electrons. The molecule has 7 nitrogen and oxygen atoms in total. The molecule has 1 aliphatic carbocycles. The fourth-order valence-electron chi connectivity index (χ4n) is 1.71. The van der Waals surface area contributed by atoms with E-state index in [1.54, 1.807) is 0 Å². The van der Waals surface area contributed by atoms with E-state index in [-0.39, 0.29) is 5.91 Å². The first-order valence-electron chi connectivity index (χ1n) is 6.82. The summed E-state index contributed by atoms with van der Waals surface area (Å²) in [6, 6.07) is 0. The van der Waals surface area contributed by atoms with Crippen molar-refractivity contribution in [3.63, 3.8) is 0 Å². The van der Waals surface area contributed by atoms with Gasteiger partial charge in [-0.1, -0.05) is 0 Å². The van der Waals surface area contributed by atoms with Crippen molar-refractivity contribution in [3.05, 3.63) is 5.82 Å². The third-order valence-electron chi connectivity index (χ3n) is 3.07. The number of rotatable bonds is 6. The fourth-order valence-corrected chi connectivity index (χ4v) is 1.71. The van der Waals surface area contributed by atoms with Gasteiger partial charge in [0.1, 0.15) is 0 Å². The fraction of sp³-hybridized carbons (Fsp3) is 0.692. The summed E-state index contributed by atoms with van der Waals surface area (Å²) in [5.74, 6) is 2.43. The van der Waals surface area contributed by atoms with Crippen molar-refractivity contribution in [2.45, 2.75) is 25.8 Å². The minimum atomic E-state index is 0.0747. The molecule has 0 aromatic carbocycles. The quantitative estimate of drug-likeness (QED) is 0.813. The molecule has 1 heterocycles. The lowest BCUT2D eigenvalue weighted by atomic mass is 10.3. The van der Waals surface area contributed by atoms with E-state index >= 15 is 0 Å². The SMILES string of the molecule is CN(C)c1nc(CNC(=O)CC2CC2)nc(N(C)C)n1. The van der Waals surface area contributed by atoms with E-state index in [0.29, 0.717) is 36.6 Å². The Labute approximate surface area is 119 Å². The number of hydrogen-bond donors (Lipinski definition) is 1. The second kappa shape index (κ2) is 6.02. The number of carbonyl (C=O) groups is 1. The van der Waals surface area contributed by atoms with Crippen LogP contribution in [0.3, 0.4) is 0 Å². The van der Waals surface area contributed by atoms with Gasteiger partial charge in [0.15, 0.2) is 5.82 Å². The lowest BCUT2D eigenvalue weighted by Crippen LogP contribution is -2.26. The molecule has 1 saturated carbocycles. The summed E-state index contributed by atoms with van der Waals surface area (Å²) in [5, 5.41) is 2.87. The average molecular weight is 278 g/mol. The lowest BCUT2D eigenvalue weighted by molar-refractivity contribution is -0.121. The third kappa shape index (κ3) is 4.04. The molecule has 1 amide bonds. The van der Waals surface area contributed by atoms with E-state index < -0.39 is 0 Å². The highest BCUT2D eigenvalue weighted by molar-refractivity contribution is 5.76. The maximum absolute atomic E-state index is 11.7. The maximum Gasteiger partial charge on any atom is 0.229 e. The standard InChI is InChI=1S/C13H22N6O/c1-18(2)12-15-10(16-13(17-12)19(3)4)8-14-11(20)7-9-5-6-9/h9H,5-8H2,1-4H3,(H,14,20). The van der Waals surface area contributed by atoms with E-state index in [4.69, 9.17) is 0 Å². The summed E-state index contributed by atoms with van der Waals surface area (Å²) in [5.41, 5.74) is 0. The molecule has 0 atom stereocenters. The van der Waals surface area contributed by atoms with Crippen LogP contribution in [0, 0.1) is 5.92 Å². The van der Waals surface area contributed by atoms with Gasteiger partial charge in [0, 0.05) is 34.6 Å². The number of nitrogens with one attached hydrogen (secondary N) is 1. The number of nitrogens with zero attached hydrogens (tertiary/aromatic N) is 5. The molecule has 1 aromatic rings. The van der Waals surface area contributed by atoms with Crippen LogP contribution in [0.1, 0.15) is 25.1 Å². The number of anilines is 2. The molecule has 1 N–H and O–H groups in total. The Bertz CT molecular complexity index is 457. The third-order valence-corrected chi connectivity index (χ3v) is 3.07. The molecule has 2 rings (SSSR count). The molecule has 0 saturated heterocycles. The Morgan fingerprint density at radius 3 is 2.10 bits per heavy atom. The van der Waals surface area contributed by atoms with Crippen molar-refractivity contribution in [3.8, 4) is 0 Å². The Balaban J connectivity index is 2.03. The highest BCUT2D eigenvalue weighted by Crippen LogP contribution is 2.32. The zero-order valence-electron chi connectivity index (χ0n) is 12.6. The number of aromatic nitrogens is 3. The molecule has 0 bridgehead atoms. The predicted octanol–water partition coefficient (Wildman–Crippen LogP) is 0.420. The monoisotopic (exact) mass is 278 g/mol. The molecule has 0 spiro atoms. The molecular formula is C13H22N6O. The summed E-state index contributed by atoms with van der Waals surface area (Å²) in [7, 11) is 7.52. The van der Waals surface area contributed by atoms with Gasteiger partial charge in [-0.05, 0) is 18.8 Å². The van der Waals surface area contributed by atoms with E-state index in [2.05, 4.69) is 20.3 Å². The van der Waals surface area contributed by atoms with Gasteiger partial charge in [0.2, 0.25) is 17.8 Å². The van der Waals surface area contributed by atoms with Crippen molar-refractivity contribution < 1.29 is 4.79 Å². The van der Waals surface area contributed by atoms with Gasteiger partial charge in [-0.3, -0.25) is 4.79 Å². The van der Waals surface area contributed by atoms with Crippen molar-refractivity contribution in [2.75, 3.05) is 38.0 Å². The first-order chi connectivity index (χ1) is 9.45. The maximum atomic E-state index is 11.7. The van der Waals surface area contributed by atoms with Crippen LogP contribution >= 0.6 is 0 Å². The van der Waals surface area contributed by atoms with Gasteiger partial charge in [-0.2, -0.15) is 15.0 Å². The summed E-state index contributed by atoms with van der Waals surface area (Å²) in [4.78, 5) is 28.4. The number of amides is 1. The van der Waals surface area contributed by atoms with Gasteiger partial charge >= 0.3 is 0 Å². The molecule has 1 fully saturated rings.